The molecule has 0 amide bonds. The zero-order valence-electron chi connectivity index (χ0n) is 8.56. The van der Waals surface area contributed by atoms with E-state index in [9.17, 15) is 4.79 Å². The van der Waals surface area contributed by atoms with E-state index < -0.39 is 5.97 Å². The maximum absolute atomic E-state index is 10.7. The molecule has 0 fully saturated rings. The van der Waals surface area contributed by atoms with Gasteiger partial charge in [-0.05, 0) is 18.2 Å². The van der Waals surface area contributed by atoms with Crippen LogP contribution < -0.4 is 0 Å². The molecule has 3 aromatic heterocycles. The average Bonchev–Trinajstić information content (AvgIpc) is 2.95. The van der Waals surface area contributed by atoms with Gasteiger partial charge in [-0.25, -0.2) is 9.48 Å². The van der Waals surface area contributed by atoms with Gasteiger partial charge in [0.1, 0.15) is 0 Å². The quantitative estimate of drug-likeness (QED) is 0.696. The standard InChI is InChI=1S/C10H7N5O2/c16-9(17)7-4-6-15(13-7)10-12-11-8-3-1-2-5-14(8)10/h1-6H,(H,16,17). The zero-order valence-corrected chi connectivity index (χ0v) is 8.56. The summed E-state index contributed by atoms with van der Waals surface area (Å²) in [4.78, 5) is 10.7. The molecule has 3 heterocycles. The molecule has 3 rings (SSSR count). The topological polar surface area (TPSA) is 85.3 Å². The Hall–Kier alpha value is -2.70. The van der Waals surface area contributed by atoms with Crippen LogP contribution in [0.15, 0.2) is 36.7 Å². The van der Waals surface area contributed by atoms with Crippen LogP contribution in [0, 0.1) is 0 Å². The van der Waals surface area contributed by atoms with Crippen molar-refractivity contribution in [3.05, 3.63) is 42.4 Å². The van der Waals surface area contributed by atoms with E-state index >= 15 is 0 Å². The second kappa shape index (κ2) is 3.41. The minimum Gasteiger partial charge on any atom is -0.476 e. The van der Waals surface area contributed by atoms with Crippen LogP contribution in [-0.4, -0.2) is 35.5 Å². The highest BCUT2D eigenvalue weighted by atomic mass is 16.4. The molecule has 0 spiro atoms. The van der Waals surface area contributed by atoms with E-state index in [0.29, 0.717) is 11.6 Å². The SMILES string of the molecule is O=C(O)c1ccn(-c2nnc3ccccn23)n1. The maximum atomic E-state index is 10.7. The molecular formula is C10H7N5O2. The van der Waals surface area contributed by atoms with Crippen molar-refractivity contribution in [1.82, 2.24) is 24.4 Å². The Morgan fingerprint density at radius 2 is 2.06 bits per heavy atom. The number of pyridine rings is 1. The van der Waals surface area contributed by atoms with Gasteiger partial charge in [0.2, 0.25) is 0 Å². The van der Waals surface area contributed by atoms with Gasteiger partial charge >= 0.3 is 5.97 Å². The minimum absolute atomic E-state index is 0.0299. The number of nitrogens with zero attached hydrogens (tertiary/aromatic N) is 5. The molecule has 0 aliphatic heterocycles. The highest BCUT2D eigenvalue weighted by Crippen LogP contribution is 2.07. The van der Waals surface area contributed by atoms with Gasteiger partial charge in [0.25, 0.3) is 5.95 Å². The summed E-state index contributed by atoms with van der Waals surface area (Å²) >= 11 is 0. The zero-order chi connectivity index (χ0) is 11.8. The summed E-state index contributed by atoms with van der Waals surface area (Å²) in [5.74, 6) is -0.620. The van der Waals surface area contributed by atoms with Crippen LogP contribution >= 0.6 is 0 Å². The van der Waals surface area contributed by atoms with Gasteiger partial charge in [0.05, 0.1) is 0 Å². The molecule has 0 saturated heterocycles. The van der Waals surface area contributed by atoms with Crippen LogP contribution in [0.5, 0.6) is 0 Å². The Kier molecular flexibility index (Phi) is 1.91. The smallest absolute Gasteiger partial charge is 0.356 e. The lowest BCUT2D eigenvalue weighted by Crippen LogP contribution is -2.04. The second-order valence-corrected chi connectivity index (χ2v) is 3.38. The highest BCUT2D eigenvalue weighted by molar-refractivity contribution is 5.85. The second-order valence-electron chi connectivity index (χ2n) is 3.38. The van der Waals surface area contributed by atoms with E-state index in [0.717, 1.165) is 0 Å². The van der Waals surface area contributed by atoms with Gasteiger partial charge < -0.3 is 5.11 Å². The van der Waals surface area contributed by atoms with Crippen molar-refractivity contribution >= 4 is 11.6 Å². The fraction of sp³-hybridized carbons (Fsp3) is 0. The van der Waals surface area contributed by atoms with E-state index in [1.807, 2.05) is 12.1 Å². The van der Waals surface area contributed by atoms with Crippen LogP contribution in [0.1, 0.15) is 10.5 Å². The Balaban J connectivity index is 2.17. The first-order chi connectivity index (χ1) is 8.25. The van der Waals surface area contributed by atoms with Crippen molar-refractivity contribution in [2.75, 3.05) is 0 Å². The van der Waals surface area contributed by atoms with Gasteiger partial charge in [-0.2, -0.15) is 5.10 Å². The maximum Gasteiger partial charge on any atom is 0.356 e. The Bertz CT molecular complexity index is 699. The average molecular weight is 229 g/mol. The number of carbonyl (C=O) groups is 1. The number of rotatable bonds is 2. The molecular weight excluding hydrogens is 222 g/mol. The van der Waals surface area contributed by atoms with Crippen LogP contribution in [0.25, 0.3) is 11.6 Å². The fourth-order valence-corrected chi connectivity index (χ4v) is 1.53. The van der Waals surface area contributed by atoms with E-state index in [-0.39, 0.29) is 5.69 Å². The molecule has 7 nitrogen and oxygen atoms in total. The summed E-state index contributed by atoms with van der Waals surface area (Å²) in [6, 6.07) is 6.89. The first kappa shape index (κ1) is 9.52. The van der Waals surface area contributed by atoms with Gasteiger partial charge in [-0.1, -0.05) is 6.07 Å². The lowest BCUT2D eigenvalue weighted by atomic mass is 10.5. The Morgan fingerprint density at radius 1 is 1.18 bits per heavy atom. The van der Waals surface area contributed by atoms with E-state index in [1.165, 1.54) is 16.9 Å². The predicted octanol–water partition coefficient (Wildman–Crippen LogP) is 0.613. The summed E-state index contributed by atoms with van der Waals surface area (Å²) in [6.07, 6.45) is 3.32. The molecule has 17 heavy (non-hydrogen) atoms. The van der Waals surface area contributed by atoms with Crippen LogP contribution in [0.3, 0.4) is 0 Å². The van der Waals surface area contributed by atoms with Gasteiger partial charge in [-0.15, -0.1) is 10.2 Å². The number of aromatic carboxylic acids is 1. The third kappa shape index (κ3) is 1.44. The van der Waals surface area contributed by atoms with Crippen LogP contribution in [0.2, 0.25) is 0 Å². The molecule has 0 aliphatic rings. The summed E-state index contributed by atoms with van der Waals surface area (Å²) in [5.41, 5.74) is 0.646. The van der Waals surface area contributed by atoms with Gasteiger partial charge in [-0.3, -0.25) is 4.40 Å². The van der Waals surface area contributed by atoms with E-state index in [2.05, 4.69) is 15.3 Å². The summed E-state index contributed by atoms with van der Waals surface area (Å²) in [6.45, 7) is 0. The number of fused-ring (bicyclic) bond motifs is 1. The first-order valence-electron chi connectivity index (χ1n) is 4.85. The van der Waals surface area contributed by atoms with Crippen LogP contribution in [0.4, 0.5) is 0 Å². The molecule has 1 N–H and O–H groups in total. The summed E-state index contributed by atoms with van der Waals surface area (Å²) < 4.78 is 3.10. The van der Waals surface area contributed by atoms with Gasteiger partial charge in [0.15, 0.2) is 11.3 Å². The Morgan fingerprint density at radius 3 is 2.82 bits per heavy atom. The largest absolute Gasteiger partial charge is 0.476 e. The molecule has 0 saturated carbocycles. The molecule has 0 radical (unpaired) electrons. The highest BCUT2D eigenvalue weighted by Gasteiger charge is 2.11. The van der Waals surface area contributed by atoms with Crippen molar-refractivity contribution in [2.45, 2.75) is 0 Å². The van der Waals surface area contributed by atoms with Crippen molar-refractivity contribution in [2.24, 2.45) is 0 Å². The monoisotopic (exact) mass is 229 g/mol. The normalized spacial score (nSPS) is 10.8. The molecule has 0 atom stereocenters. The first-order valence-corrected chi connectivity index (χ1v) is 4.85. The van der Waals surface area contributed by atoms with Crippen molar-refractivity contribution in [3.8, 4) is 5.95 Å². The third-order valence-corrected chi connectivity index (χ3v) is 2.31. The minimum atomic E-state index is -1.07. The van der Waals surface area contributed by atoms with E-state index in [1.54, 1.807) is 16.7 Å². The number of hydrogen-bond donors (Lipinski definition) is 1. The number of carboxylic acids is 1. The van der Waals surface area contributed by atoms with Crippen molar-refractivity contribution < 1.29 is 9.90 Å². The molecule has 84 valence electrons. The number of carboxylic acid groups (broad SMARTS) is 1. The molecule has 0 unspecified atom stereocenters. The molecule has 0 bridgehead atoms. The fourth-order valence-electron chi connectivity index (χ4n) is 1.53. The Labute approximate surface area is 94.9 Å². The van der Waals surface area contributed by atoms with Crippen molar-refractivity contribution in [1.29, 1.82) is 0 Å². The number of aromatic nitrogens is 5. The predicted molar refractivity (Wildman–Crippen MR) is 57.1 cm³/mol. The lowest BCUT2D eigenvalue weighted by molar-refractivity contribution is 0.0690. The number of hydrogen-bond acceptors (Lipinski definition) is 4. The van der Waals surface area contributed by atoms with E-state index in [4.69, 9.17) is 5.11 Å². The molecule has 0 aliphatic carbocycles. The lowest BCUT2D eigenvalue weighted by Gasteiger charge is -1.97. The van der Waals surface area contributed by atoms with Crippen LogP contribution in [-0.2, 0) is 0 Å². The van der Waals surface area contributed by atoms with Crippen molar-refractivity contribution in [3.63, 3.8) is 0 Å². The molecule has 3 aromatic rings. The van der Waals surface area contributed by atoms with Gasteiger partial charge in [0, 0.05) is 12.4 Å². The summed E-state index contributed by atoms with van der Waals surface area (Å²) in [7, 11) is 0. The molecule has 7 heteroatoms. The summed E-state index contributed by atoms with van der Waals surface area (Å²) in [5, 5.41) is 20.6. The third-order valence-electron chi connectivity index (χ3n) is 2.31. The molecule has 0 aromatic carbocycles.